The van der Waals surface area contributed by atoms with Crippen molar-refractivity contribution in [2.45, 2.75) is 0 Å². The van der Waals surface area contributed by atoms with Crippen molar-refractivity contribution >= 4 is 22.2 Å². The molecule has 0 spiro atoms. The van der Waals surface area contributed by atoms with Crippen LogP contribution in [0.3, 0.4) is 0 Å². The largest absolute Gasteiger partial charge is 0.497 e. The molecule has 0 radical (unpaired) electrons. The van der Waals surface area contributed by atoms with Gasteiger partial charge >= 0.3 is 0 Å². The summed E-state index contributed by atoms with van der Waals surface area (Å²) in [6, 6.07) is 23.2. The number of ether oxygens (including phenoxy) is 3. The molecule has 3 aromatic carbocycles. The fraction of sp³-hybridized carbons (Fsp3) is 0.0870. The third-order valence-corrected chi connectivity index (χ3v) is 5.03. The van der Waals surface area contributed by atoms with Crippen molar-refractivity contribution in [3.8, 4) is 34.3 Å². The maximum atomic E-state index is 5.82. The molecular formula is C23H20N2O3S. The van der Waals surface area contributed by atoms with Crippen LogP contribution in [0.15, 0.2) is 78.2 Å². The first kappa shape index (κ1) is 18.8. The van der Waals surface area contributed by atoms with E-state index in [2.05, 4.69) is 10.3 Å². The van der Waals surface area contributed by atoms with E-state index in [0.717, 1.165) is 45.1 Å². The molecule has 0 bridgehead atoms. The maximum absolute atomic E-state index is 5.82. The Morgan fingerprint density at radius 3 is 2.24 bits per heavy atom. The summed E-state index contributed by atoms with van der Waals surface area (Å²) in [6.45, 7) is 0. The smallest absolute Gasteiger partial charge is 0.187 e. The Balaban J connectivity index is 1.47. The van der Waals surface area contributed by atoms with Crippen LogP contribution < -0.4 is 19.5 Å². The Kier molecular flexibility index (Phi) is 5.63. The zero-order valence-electron chi connectivity index (χ0n) is 16.1. The number of methoxy groups -OCH3 is 2. The average Bonchev–Trinajstić information content (AvgIpc) is 3.23. The van der Waals surface area contributed by atoms with Crippen LogP contribution in [0.1, 0.15) is 0 Å². The standard InChI is InChI=1S/C23H20N2O3S/c1-26-19-12-13-20(22(14-19)27-2)21-15-29-23(25-21)24-16-8-10-18(11-9-16)28-17-6-4-3-5-7-17/h3-15H,1-2H3,(H,24,25). The van der Waals surface area contributed by atoms with Gasteiger partial charge in [0.15, 0.2) is 5.13 Å². The Labute approximate surface area is 173 Å². The number of anilines is 2. The monoisotopic (exact) mass is 404 g/mol. The summed E-state index contributed by atoms with van der Waals surface area (Å²) in [5, 5.41) is 6.13. The molecule has 0 saturated carbocycles. The molecule has 0 aliphatic carbocycles. The topological polar surface area (TPSA) is 52.6 Å². The molecule has 0 atom stereocenters. The Hall–Kier alpha value is -3.51. The molecule has 0 unspecified atom stereocenters. The van der Waals surface area contributed by atoms with E-state index in [4.69, 9.17) is 14.2 Å². The molecule has 1 aromatic heterocycles. The van der Waals surface area contributed by atoms with Gasteiger partial charge in [-0.15, -0.1) is 11.3 Å². The van der Waals surface area contributed by atoms with Crippen molar-refractivity contribution < 1.29 is 14.2 Å². The first-order valence-corrected chi connectivity index (χ1v) is 9.91. The first-order chi connectivity index (χ1) is 14.2. The predicted molar refractivity (Wildman–Crippen MR) is 117 cm³/mol. The minimum Gasteiger partial charge on any atom is -0.497 e. The van der Waals surface area contributed by atoms with Crippen molar-refractivity contribution in [2.75, 3.05) is 19.5 Å². The zero-order valence-corrected chi connectivity index (χ0v) is 16.9. The highest BCUT2D eigenvalue weighted by atomic mass is 32.1. The summed E-state index contributed by atoms with van der Waals surface area (Å²) in [5.74, 6) is 3.07. The van der Waals surface area contributed by atoms with Gasteiger partial charge in [0.2, 0.25) is 0 Å². The predicted octanol–water partition coefficient (Wildman–Crippen LogP) is 6.36. The first-order valence-electron chi connectivity index (χ1n) is 9.03. The third-order valence-electron chi connectivity index (χ3n) is 4.27. The normalized spacial score (nSPS) is 10.4. The molecule has 0 saturated heterocycles. The highest BCUT2D eigenvalue weighted by Gasteiger charge is 2.11. The average molecular weight is 404 g/mol. The van der Waals surface area contributed by atoms with Crippen LogP contribution in [0.4, 0.5) is 10.8 Å². The van der Waals surface area contributed by atoms with Crippen LogP contribution in [-0.4, -0.2) is 19.2 Å². The summed E-state index contributed by atoms with van der Waals surface area (Å²) < 4.78 is 16.6. The number of hydrogen-bond donors (Lipinski definition) is 1. The van der Waals surface area contributed by atoms with Crippen LogP contribution in [0.5, 0.6) is 23.0 Å². The van der Waals surface area contributed by atoms with Crippen LogP contribution in [0.25, 0.3) is 11.3 Å². The Bertz CT molecular complexity index is 1080. The summed E-state index contributed by atoms with van der Waals surface area (Å²) in [4.78, 5) is 4.69. The van der Waals surface area contributed by atoms with Crippen LogP contribution >= 0.6 is 11.3 Å². The summed E-state index contributed by atoms with van der Waals surface area (Å²) in [5.41, 5.74) is 2.71. The van der Waals surface area contributed by atoms with Crippen molar-refractivity contribution in [1.82, 2.24) is 4.98 Å². The number of nitrogens with one attached hydrogen (secondary N) is 1. The molecule has 5 nitrogen and oxygen atoms in total. The van der Waals surface area contributed by atoms with Gasteiger partial charge in [-0.3, -0.25) is 0 Å². The van der Waals surface area contributed by atoms with Gasteiger partial charge in [-0.2, -0.15) is 0 Å². The summed E-state index contributed by atoms with van der Waals surface area (Å²) in [7, 11) is 3.28. The highest BCUT2D eigenvalue weighted by molar-refractivity contribution is 7.14. The van der Waals surface area contributed by atoms with E-state index in [-0.39, 0.29) is 0 Å². The number of nitrogens with zero attached hydrogens (tertiary/aromatic N) is 1. The van der Waals surface area contributed by atoms with Crippen molar-refractivity contribution in [3.63, 3.8) is 0 Å². The third kappa shape index (κ3) is 4.50. The molecule has 1 N–H and O–H groups in total. The van der Waals surface area contributed by atoms with Crippen LogP contribution in [0, 0.1) is 0 Å². The molecular weight excluding hydrogens is 384 g/mol. The second-order valence-electron chi connectivity index (χ2n) is 6.17. The van der Waals surface area contributed by atoms with E-state index >= 15 is 0 Å². The fourth-order valence-corrected chi connectivity index (χ4v) is 3.55. The maximum Gasteiger partial charge on any atom is 0.187 e. The van der Waals surface area contributed by atoms with Gasteiger partial charge in [-0.05, 0) is 48.5 Å². The van der Waals surface area contributed by atoms with Gasteiger partial charge in [-0.1, -0.05) is 18.2 Å². The SMILES string of the molecule is COc1ccc(-c2csc(Nc3ccc(Oc4ccccc4)cc3)n2)c(OC)c1. The highest BCUT2D eigenvalue weighted by Crippen LogP contribution is 2.35. The van der Waals surface area contributed by atoms with Gasteiger partial charge in [0.25, 0.3) is 0 Å². The van der Waals surface area contributed by atoms with Crippen molar-refractivity contribution in [1.29, 1.82) is 0 Å². The van der Waals surface area contributed by atoms with E-state index in [1.54, 1.807) is 14.2 Å². The molecule has 4 rings (SSSR count). The van der Waals surface area contributed by atoms with Gasteiger partial charge in [0.1, 0.15) is 23.0 Å². The summed E-state index contributed by atoms with van der Waals surface area (Å²) in [6.07, 6.45) is 0. The number of rotatable bonds is 7. The minimum atomic E-state index is 0.726. The molecule has 6 heteroatoms. The molecule has 1 heterocycles. The lowest BCUT2D eigenvalue weighted by molar-refractivity contribution is 0.395. The van der Waals surface area contributed by atoms with Gasteiger partial charge in [-0.25, -0.2) is 4.98 Å². The van der Waals surface area contributed by atoms with Crippen LogP contribution in [0.2, 0.25) is 0 Å². The summed E-state index contributed by atoms with van der Waals surface area (Å²) >= 11 is 1.53. The van der Waals surface area contributed by atoms with Crippen molar-refractivity contribution in [3.05, 3.63) is 78.2 Å². The van der Waals surface area contributed by atoms with Crippen molar-refractivity contribution in [2.24, 2.45) is 0 Å². The molecule has 0 amide bonds. The molecule has 0 fully saturated rings. The number of aromatic nitrogens is 1. The molecule has 0 aliphatic rings. The van der Waals surface area contributed by atoms with E-state index in [1.807, 2.05) is 78.2 Å². The number of thiazole rings is 1. The second-order valence-corrected chi connectivity index (χ2v) is 7.03. The number of para-hydroxylation sites is 1. The minimum absolute atomic E-state index is 0.726. The van der Waals surface area contributed by atoms with Gasteiger partial charge < -0.3 is 19.5 Å². The molecule has 4 aromatic rings. The van der Waals surface area contributed by atoms with E-state index in [1.165, 1.54) is 11.3 Å². The lowest BCUT2D eigenvalue weighted by atomic mass is 10.1. The van der Waals surface area contributed by atoms with Crippen LogP contribution in [-0.2, 0) is 0 Å². The molecule has 0 aliphatic heterocycles. The lowest BCUT2D eigenvalue weighted by Crippen LogP contribution is -1.92. The van der Waals surface area contributed by atoms with Gasteiger partial charge in [0, 0.05) is 22.7 Å². The molecule has 29 heavy (non-hydrogen) atoms. The van der Waals surface area contributed by atoms with Gasteiger partial charge in [0.05, 0.1) is 19.9 Å². The lowest BCUT2D eigenvalue weighted by Gasteiger charge is -2.08. The number of benzene rings is 3. The Morgan fingerprint density at radius 2 is 1.52 bits per heavy atom. The zero-order chi connectivity index (χ0) is 20.1. The quantitative estimate of drug-likeness (QED) is 0.388. The Morgan fingerprint density at radius 1 is 0.793 bits per heavy atom. The number of hydrogen-bond acceptors (Lipinski definition) is 6. The van der Waals surface area contributed by atoms with E-state index < -0.39 is 0 Å². The second kappa shape index (κ2) is 8.67. The fourth-order valence-electron chi connectivity index (χ4n) is 2.82. The molecule has 146 valence electrons. The van der Waals surface area contributed by atoms with E-state index in [0.29, 0.717) is 0 Å². The van der Waals surface area contributed by atoms with E-state index in [9.17, 15) is 0 Å².